The first-order valence-corrected chi connectivity index (χ1v) is 12.7. The van der Waals surface area contributed by atoms with E-state index >= 15 is 0 Å². The first kappa shape index (κ1) is 26.0. The number of rotatable bonds is 10. The average molecular weight is 500 g/mol. The third-order valence-electron chi connectivity index (χ3n) is 4.86. The summed E-state index contributed by atoms with van der Waals surface area (Å²) in [7, 11) is -3.87. The van der Waals surface area contributed by atoms with Crippen LogP contribution in [0.15, 0.2) is 48.5 Å². The second-order valence-corrected chi connectivity index (χ2v) is 10.0. The van der Waals surface area contributed by atoms with Crippen molar-refractivity contribution in [3.8, 4) is 0 Å². The zero-order chi connectivity index (χ0) is 23.9. The molecule has 0 aliphatic rings. The highest BCUT2D eigenvalue weighted by Crippen LogP contribution is 2.30. The van der Waals surface area contributed by atoms with Gasteiger partial charge >= 0.3 is 0 Å². The van der Waals surface area contributed by atoms with E-state index in [2.05, 4.69) is 5.32 Å². The summed E-state index contributed by atoms with van der Waals surface area (Å²) in [6.45, 7) is 3.54. The molecular weight excluding hydrogens is 473 g/mol. The van der Waals surface area contributed by atoms with Crippen molar-refractivity contribution < 1.29 is 18.0 Å². The normalized spacial score (nSPS) is 12.2. The smallest absolute Gasteiger partial charge is 0.244 e. The lowest BCUT2D eigenvalue weighted by atomic mass is 10.1. The number of nitrogens with one attached hydrogen (secondary N) is 1. The molecule has 2 aromatic rings. The fraction of sp³-hybridized carbons (Fsp3) is 0.364. The van der Waals surface area contributed by atoms with Gasteiger partial charge in [-0.25, -0.2) is 8.42 Å². The number of anilines is 1. The number of hydrogen-bond acceptors (Lipinski definition) is 4. The Morgan fingerprint density at radius 2 is 1.75 bits per heavy atom. The highest BCUT2D eigenvalue weighted by Gasteiger charge is 2.30. The van der Waals surface area contributed by atoms with Gasteiger partial charge in [-0.1, -0.05) is 53.5 Å². The molecule has 1 N–H and O–H groups in total. The highest BCUT2D eigenvalue weighted by molar-refractivity contribution is 7.92. The van der Waals surface area contributed by atoms with Gasteiger partial charge in [-0.05, 0) is 44.0 Å². The maximum atomic E-state index is 13.3. The number of amides is 2. The Hall–Kier alpha value is -2.29. The third-order valence-corrected chi connectivity index (χ3v) is 6.54. The summed E-state index contributed by atoms with van der Waals surface area (Å²) >= 11 is 12.2. The number of sulfonamides is 1. The van der Waals surface area contributed by atoms with Crippen molar-refractivity contribution >= 4 is 50.7 Å². The van der Waals surface area contributed by atoms with Gasteiger partial charge in [0.25, 0.3) is 0 Å². The van der Waals surface area contributed by atoms with Gasteiger partial charge in [-0.2, -0.15) is 0 Å². The van der Waals surface area contributed by atoms with E-state index in [0.717, 1.165) is 16.1 Å². The van der Waals surface area contributed by atoms with Gasteiger partial charge in [0.05, 0.1) is 17.0 Å². The van der Waals surface area contributed by atoms with Crippen molar-refractivity contribution in [2.24, 2.45) is 0 Å². The van der Waals surface area contributed by atoms with E-state index in [1.807, 2.05) is 30.3 Å². The first-order chi connectivity index (χ1) is 15.0. The second-order valence-electron chi connectivity index (χ2n) is 7.26. The van der Waals surface area contributed by atoms with Crippen LogP contribution in [-0.2, 0) is 26.0 Å². The maximum absolute atomic E-state index is 13.3. The predicted molar refractivity (Wildman–Crippen MR) is 129 cm³/mol. The zero-order valence-corrected chi connectivity index (χ0v) is 20.5. The molecule has 2 rings (SSSR count). The molecule has 0 unspecified atom stereocenters. The van der Waals surface area contributed by atoms with Gasteiger partial charge in [0.2, 0.25) is 21.8 Å². The number of carbonyl (C=O) groups is 2. The molecule has 10 heteroatoms. The van der Waals surface area contributed by atoms with Crippen LogP contribution in [-0.4, -0.2) is 57.1 Å². The molecule has 0 saturated heterocycles. The monoisotopic (exact) mass is 499 g/mol. The molecule has 1 atom stereocenters. The van der Waals surface area contributed by atoms with E-state index < -0.39 is 28.5 Å². The van der Waals surface area contributed by atoms with Gasteiger partial charge in [-0.3, -0.25) is 13.9 Å². The average Bonchev–Trinajstić information content (AvgIpc) is 2.74. The number of carbonyl (C=O) groups excluding carboxylic acids is 2. The van der Waals surface area contributed by atoms with Crippen molar-refractivity contribution in [1.82, 2.24) is 10.2 Å². The van der Waals surface area contributed by atoms with Crippen molar-refractivity contribution in [2.75, 3.05) is 30.2 Å². The summed E-state index contributed by atoms with van der Waals surface area (Å²) in [5.41, 5.74) is 1.09. The number of benzene rings is 2. The minimum absolute atomic E-state index is 0.101. The second kappa shape index (κ2) is 11.5. The summed E-state index contributed by atoms with van der Waals surface area (Å²) in [6.07, 6.45) is 1.49. The topological polar surface area (TPSA) is 86.8 Å². The van der Waals surface area contributed by atoms with Crippen LogP contribution in [0.4, 0.5) is 5.69 Å². The van der Waals surface area contributed by atoms with Crippen LogP contribution in [0.25, 0.3) is 0 Å². The standard InChI is InChI=1S/C22H27Cl2N3O4S/c1-4-25-22(29)16(2)26(13-12-17-8-6-5-7-9-17)21(28)15-27(32(3,30)31)20-14-18(23)10-11-19(20)24/h5-11,14,16H,4,12-13,15H2,1-3H3,(H,25,29)/t16-/m1/s1. The van der Waals surface area contributed by atoms with E-state index in [0.29, 0.717) is 13.0 Å². The Morgan fingerprint density at radius 3 is 2.34 bits per heavy atom. The van der Waals surface area contributed by atoms with Gasteiger partial charge in [0, 0.05) is 18.1 Å². The van der Waals surface area contributed by atoms with E-state index in [9.17, 15) is 18.0 Å². The van der Waals surface area contributed by atoms with Crippen molar-refractivity contribution in [3.63, 3.8) is 0 Å². The van der Waals surface area contributed by atoms with E-state index in [1.165, 1.54) is 23.1 Å². The minimum atomic E-state index is -3.87. The summed E-state index contributed by atoms with van der Waals surface area (Å²) in [5.74, 6) is -0.846. The lowest BCUT2D eigenvalue weighted by Gasteiger charge is -2.31. The molecule has 0 spiro atoms. The third kappa shape index (κ3) is 7.12. The fourth-order valence-electron chi connectivity index (χ4n) is 3.16. The van der Waals surface area contributed by atoms with Crippen LogP contribution in [0.2, 0.25) is 10.0 Å². The zero-order valence-electron chi connectivity index (χ0n) is 18.2. The van der Waals surface area contributed by atoms with Gasteiger partial charge < -0.3 is 10.2 Å². The molecule has 2 amide bonds. The predicted octanol–water partition coefficient (Wildman–Crippen LogP) is 3.36. The SMILES string of the molecule is CCNC(=O)[C@@H](C)N(CCc1ccccc1)C(=O)CN(c1cc(Cl)ccc1Cl)S(C)(=O)=O. The van der Waals surface area contributed by atoms with Crippen LogP contribution in [0, 0.1) is 0 Å². The molecular formula is C22H27Cl2N3O4S. The summed E-state index contributed by atoms with van der Waals surface area (Å²) < 4.78 is 25.9. The Labute approximate surface area is 199 Å². The minimum Gasteiger partial charge on any atom is -0.355 e. The molecule has 0 aliphatic carbocycles. The lowest BCUT2D eigenvalue weighted by molar-refractivity contribution is -0.138. The summed E-state index contributed by atoms with van der Waals surface area (Å²) in [4.78, 5) is 27.2. The molecule has 0 radical (unpaired) electrons. The fourth-order valence-corrected chi connectivity index (χ4v) is 4.45. The van der Waals surface area contributed by atoms with E-state index in [-0.39, 0.29) is 28.2 Å². The van der Waals surface area contributed by atoms with Crippen molar-refractivity contribution in [1.29, 1.82) is 0 Å². The molecule has 32 heavy (non-hydrogen) atoms. The summed E-state index contributed by atoms with van der Waals surface area (Å²) in [6, 6.07) is 13.1. The quantitative estimate of drug-likeness (QED) is 0.542. The molecule has 0 fully saturated rings. The van der Waals surface area contributed by atoms with E-state index in [4.69, 9.17) is 23.2 Å². The molecule has 0 saturated carbocycles. The Morgan fingerprint density at radius 1 is 1.09 bits per heavy atom. The number of halogens is 2. The van der Waals surface area contributed by atoms with Gasteiger partial charge in [0.1, 0.15) is 12.6 Å². The molecule has 7 nitrogen and oxygen atoms in total. The van der Waals surface area contributed by atoms with Crippen LogP contribution >= 0.6 is 23.2 Å². The highest BCUT2D eigenvalue weighted by atomic mass is 35.5. The lowest BCUT2D eigenvalue weighted by Crippen LogP contribution is -2.52. The van der Waals surface area contributed by atoms with Crippen LogP contribution in [0.1, 0.15) is 19.4 Å². The molecule has 2 aromatic carbocycles. The molecule has 0 bridgehead atoms. The van der Waals surface area contributed by atoms with Gasteiger partial charge in [0.15, 0.2) is 0 Å². The largest absolute Gasteiger partial charge is 0.355 e. The van der Waals surface area contributed by atoms with Crippen molar-refractivity contribution in [3.05, 3.63) is 64.1 Å². The number of hydrogen-bond donors (Lipinski definition) is 1. The Kier molecular flexibility index (Phi) is 9.36. The maximum Gasteiger partial charge on any atom is 0.244 e. The molecule has 0 heterocycles. The molecule has 174 valence electrons. The van der Waals surface area contributed by atoms with Crippen LogP contribution in [0.3, 0.4) is 0 Å². The van der Waals surface area contributed by atoms with Gasteiger partial charge in [-0.15, -0.1) is 0 Å². The first-order valence-electron chi connectivity index (χ1n) is 10.1. The van der Waals surface area contributed by atoms with Crippen molar-refractivity contribution in [2.45, 2.75) is 26.3 Å². The molecule has 0 aliphatic heterocycles. The molecule has 0 aromatic heterocycles. The Balaban J connectivity index is 2.34. The number of likely N-dealkylation sites (N-methyl/N-ethyl adjacent to an activating group) is 1. The van der Waals surface area contributed by atoms with E-state index in [1.54, 1.807) is 13.8 Å². The Bertz CT molecular complexity index is 1050. The van der Waals surface area contributed by atoms with Crippen LogP contribution in [0.5, 0.6) is 0 Å². The van der Waals surface area contributed by atoms with Crippen LogP contribution < -0.4 is 9.62 Å². The number of nitrogens with zero attached hydrogens (tertiary/aromatic N) is 2. The summed E-state index contributed by atoms with van der Waals surface area (Å²) in [5, 5.41) is 3.13.